The molecule has 1 unspecified atom stereocenters. The monoisotopic (exact) mass is 243 g/mol. The van der Waals surface area contributed by atoms with Gasteiger partial charge in [0.05, 0.1) is 11.5 Å². The van der Waals surface area contributed by atoms with Crippen LogP contribution in [0.25, 0.3) is 0 Å². The van der Waals surface area contributed by atoms with Crippen LogP contribution in [0.15, 0.2) is 34.9 Å². The zero-order valence-corrected chi connectivity index (χ0v) is 10.5. The molecule has 1 heterocycles. The Balaban J connectivity index is 2.01. The minimum atomic E-state index is -0.209. The van der Waals surface area contributed by atoms with Gasteiger partial charge in [-0.2, -0.15) is 4.98 Å². The van der Waals surface area contributed by atoms with E-state index in [4.69, 9.17) is 10.3 Å². The van der Waals surface area contributed by atoms with E-state index in [1.165, 1.54) is 12.0 Å². The van der Waals surface area contributed by atoms with Crippen molar-refractivity contribution in [3.63, 3.8) is 0 Å². The third-order valence-electron chi connectivity index (χ3n) is 3.79. The lowest BCUT2D eigenvalue weighted by Crippen LogP contribution is -2.36. The van der Waals surface area contributed by atoms with Gasteiger partial charge in [0, 0.05) is 0 Å². The van der Waals surface area contributed by atoms with Crippen LogP contribution in [-0.2, 0) is 5.41 Å². The summed E-state index contributed by atoms with van der Waals surface area (Å²) in [5.41, 5.74) is 6.99. The molecular formula is C14H17N3O. The number of benzene rings is 1. The lowest BCUT2D eigenvalue weighted by molar-refractivity contribution is 0.270. The van der Waals surface area contributed by atoms with Gasteiger partial charge in [0.1, 0.15) is 0 Å². The van der Waals surface area contributed by atoms with E-state index >= 15 is 0 Å². The van der Waals surface area contributed by atoms with Crippen molar-refractivity contribution < 1.29 is 4.52 Å². The predicted molar refractivity (Wildman–Crippen MR) is 68.0 cm³/mol. The number of hydrogen-bond donors (Lipinski definition) is 1. The summed E-state index contributed by atoms with van der Waals surface area (Å²) < 4.78 is 5.24. The summed E-state index contributed by atoms with van der Waals surface area (Å²) in [7, 11) is 0. The Kier molecular flexibility index (Phi) is 2.67. The second kappa shape index (κ2) is 4.21. The van der Waals surface area contributed by atoms with E-state index in [2.05, 4.69) is 34.4 Å². The van der Waals surface area contributed by atoms with E-state index in [1.807, 2.05) is 13.0 Å². The summed E-state index contributed by atoms with van der Waals surface area (Å²) in [6.07, 6.45) is 3.36. The van der Waals surface area contributed by atoms with Crippen molar-refractivity contribution in [2.24, 2.45) is 5.73 Å². The molecule has 1 fully saturated rings. The van der Waals surface area contributed by atoms with Crippen molar-refractivity contribution in [1.29, 1.82) is 0 Å². The van der Waals surface area contributed by atoms with Crippen LogP contribution in [0.4, 0.5) is 0 Å². The molecule has 94 valence electrons. The number of nitrogens with two attached hydrogens (primary N) is 1. The van der Waals surface area contributed by atoms with E-state index < -0.39 is 0 Å². The Morgan fingerprint density at radius 1 is 1.28 bits per heavy atom. The molecule has 1 aliphatic carbocycles. The van der Waals surface area contributed by atoms with E-state index in [-0.39, 0.29) is 11.5 Å². The molecule has 4 nitrogen and oxygen atoms in total. The quantitative estimate of drug-likeness (QED) is 0.899. The van der Waals surface area contributed by atoms with Crippen molar-refractivity contribution in [2.75, 3.05) is 0 Å². The molecule has 0 amide bonds. The highest BCUT2D eigenvalue weighted by atomic mass is 16.5. The van der Waals surface area contributed by atoms with Gasteiger partial charge in [-0.25, -0.2) is 0 Å². The summed E-state index contributed by atoms with van der Waals surface area (Å²) in [6.45, 7) is 1.85. The van der Waals surface area contributed by atoms with Gasteiger partial charge < -0.3 is 10.3 Å². The topological polar surface area (TPSA) is 64.9 Å². The molecular weight excluding hydrogens is 226 g/mol. The first-order chi connectivity index (χ1) is 8.72. The molecule has 2 aromatic rings. The maximum atomic E-state index is 5.77. The number of nitrogens with zero attached hydrogens (tertiary/aromatic N) is 2. The van der Waals surface area contributed by atoms with Gasteiger partial charge in [-0.05, 0) is 25.3 Å². The first-order valence-electron chi connectivity index (χ1n) is 6.37. The van der Waals surface area contributed by atoms with Gasteiger partial charge in [-0.1, -0.05) is 41.9 Å². The van der Waals surface area contributed by atoms with Crippen molar-refractivity contribution in [3.05, 3.63) is 47.6 Å². The minimum Gasteiger partial charge on any atom is -0.338 e. The molecule has 4 heteroatoms. The fraction of sp³-hybridized carbons (Fsp3) is 0.429. The number of aromatic nitrogens is 2. The minimum absolute atomic E-state index is 0.0576. The molecule has 18 heavy (non-hydrogen) atoms. The van der Waals surface area contributed by atoms with Gasteiger partial charge in [-0.3, -0.25) is 0 Å². The Morgan fingerprint density at radius 2 is 2.00 bits per heavy atom. The molecule has 1 atom stereocenters. The van der Waals surface area contributed by atoms with E-state index in [0.29, 0.717) is 5.89 Å². The van der Waals surface area contributed by atoms with Gasteiger partial charge in [0.2, 0.25) is 5.89 Å². The Morgan fingerprint density at radius 3 is 2.50 bits per heavy atom. The maximum absolute atomic E-state index is 5.77. The van der Waals surface area contributed by atoms with Crippen molar-refractivity contribution in [1.82, 2.24) is 10.1 Å². The third kappa shape index (κ3) is 1.64. The molecule has 1 aromatic carbocycles. The molecule has 0 saturated heterocycles. The summed E-state index contributed by atoms with van der Waals surface area (Å²) in [4.78, 5) is 4.48. The van der Waals surface area contributed by atoms with Crippen LogP contribution < -0.4 is 5.73 Å². The maximum Gasteiger partial charge on any atom is 0.243 e. The van der Waals surface area contributed by atoms with Crippen LogP contribution in [0.3, 0.4) is 0 Å². The highest BCUT2D eigenvalue weighted by molar-refractivity contribution is 5.35. The van der Waals surface area contributed by atoms with Crippen LogP contribution in [0.1, 0.15) is 49.5 Å². The molecule has 0 bridgehead atoms. The van der Waals surface area contributed by atoms with E-state index in [1.54, 1.807) is 0 Å². The highest BCUT2D eigenvalue weighted by Crippen LogP contribution is 2.47. The van der Waals surface area contributed by atoms with Crippen molar-refractivity contribution >= 4 is 0 Å². The Labute approximate surface area is 106 Å². The summed E-state index contributed by atoms with van der Waals surface area (Å²) in [5, 5.41) is 4.14. The van der Waals surface area contributed by atoms with Gasteiger partial charge in [-0.15, -0.1) is 0 Å². The predicted octanol–water partition coefficient (Wildman–Crippen LogP) is 2.56. The largest absolute Gasteiger partial charge is 0.338 e. The smallest absolute Gasteiger partial charge is 0.243 e. The van der Waals surface area contributed by atoms with E-state index in [9.17, 15) is 0 Å². The summed E-state index contributed by atoms with van der Waals surface area (Å²) in [5.74, 6) is 1.31. The molecule has 2 N–H and O–H groups in total. The van der Waals surface area contributed by atoms with Crippen LogP contribution in [0, 0.1) is 0 Å². The SMILES string of the molecule is CC(N)c1nc(C2(c3ccccc3)CCC2)no1. The molecule has 0 spiro atoms. The fourth-order valence-electron chi connectivity index (χ4n) is 2.54. The average Bonchev–Trinajstić information content (AvgIpc) is 2.79. The average molecular weight is 243 g/mol. The van der Waals surface area contributed by atoms with Gasteiger partial charge in [0.25, 0.3) is 0 Å². The Hall–Kier alpha value is -1.68. The summed E-state index contributed by atoms with van der Waals surface area (Å²) in [6, 6.07) is 10.2. The van der Waals surface area contributed by atoms with E-state index in [0.717, 1.165) is 18.7 Å². The molecule has 1 saturated carbocycles. The molecule has 0 aliphatic heterocycles. The van der Waals surface area contributed by atoms with Gasteiger partial charge in [0.15, 0.2) is 5.82 Å². The normalized spacial score (nSPS) is 19.2. The van der Waals surface area contributed by atoms with Crippen LogP contribution in [0.2, 0.25) is 0 Å². The second-order valence-electron chi connectivity index (χ2n) is 5.05. The van der Waals surface area contributed by atoms with Gasteiger partial charge >= 0.3 is 0 Å². The standard InChI is InChI=1S/C14H17N3O/c1-10(15)12-16-13(17-18-12)14(8-5-9-14)11-6-3-2-4-7-11/h2-4,6-7,10H,5,8-9,15H2,1H3. The molecule has 3 rings (SSSR count). The molecule has 0 radical (unpaired) electrons. The fourth-order valence-corrected chi connectivity index (χ4v) is 2.54. The molecule has 1 aliphatic rings. The first kappa shape index (κ1) is 11.4. The second-order valence-corrected chi connectivity index (χ2v) is 5.05. The zero-order chi connectivity index (χ0) is 12.6. The van der Waals surface area contributed by atoms with Crippen LogP contribution >= 0.6 is 0 Å². The van der Waals surface area contributed by atoms with Crippen LogP contribution in [0.5, 0.6) is 0 Å². The lowest BCUT2D eigenvalue weighted by Gasteiger charge is -2.39. The zero-order valence-electron chi connectivity index (χ0n) is 10.5. The molecule has 1 aromatic heterocycles. The summed E-state index contributed by atoms with van der Waals surface area (Å²) >= 11 is 0. The highest BCUT2D eigenvalue weighted by Gasteiger charge is 2.44. The van der Waals surface area contributed by atoms with Crippen LogP contribution in [-0.4, -0.2) is 10.1 Å². The third-order valence-corrected chi connectivity index (χ3v) is 3.79. The Bertz CT molecular complexity index is 529. The lowest BCUT2D eigenvalue weighted by atomic mass is 9.64. The number of rotatable bonds is 3. The van der Waals surface area contributed by atoms with Crippen molar-refractivity contribution in [2.45, 2.75) is 37.6 Å². The van der Waals surface area contributed by atoms with Crippen molar-refractivity contribution in [3.8, 4) is 0 Å². The first-order valence-corrected chi connectivity index (χ1v) is 6.37. The number of hydrogen-bond acceptors (Lipinski definition) is 4.